The molecule has 0 saturated carbocycles. The van der Waals surface area contributed by atoms with Crippen molar-refractivity contribution in [3.63, 3.8) is 0 Å². The highest BCUT2D eigenvalue weighted by Gasteiger charge is 2.12. The van der Waals surface area contributed by atoms with Gasteiger partial charge in [-0.05, 0) is 37.8 Å². The summed E-state index contributed by atoms with van der Waals surface area (Å²) >= 11 is 1.70. The van der Waals surface area contributed by atoms with Gasteiger partial charge in [-0.2, -0.15) is 0 Å². The Balaban J connectivity index is 2.05. The lowest BCUT2D eigenvalue weighted by Crippen LogP contribution is -2.11. The number of rotatable bonds is 5. The second-order valence-corrected chi connectivity index (χ2v) is 5.29. The number of hydrogen-bond acceptors (Lipinski definition) is 6. The third-order valence-electron chi connectivity index (χ3n) is 2.85. The molecule has 0 radical (unpaired) electrons. The van der Waals surface area contributed by atoms with Gasteiger partial charge in [0, 0.05) is 11.1 Å². The van der Waals surface area contributed by atoms with Crippen LogP contribution >= 0.6 is 11.3 Å². The minimum atomic E-state index is -0.384. The number of thiophene rings is 1. The third-order valence-corrected chi connectivity index (χ3v) is 3.87. The van der Waals surface area contributed by atoms with E-state index in [1.165, 1.54) is 16.6 Å². The van der Waals surface area contributed by atoms with Crippen LogP contribution in [0.3, 0.4) is 0 Å². The fourth-order valence-corrected chi connectivity index (χ4v) is 2.55. The van der Waals surface area contributed by atoms with Gasteiger partial charge in [0.25, 0.3) is 0 Å². The SMILES string of the molecule is CCOC(=O)c1cnc(NCc2sccc2C)nc1C. The number of anilines is 1. The van der Waals surface area contributed by atoms with Gasteiger partial charge in [-0.3, -0.25) is 0 Å². The first-order valence-electron chi connectivity index (χ1n) is 6.39. The number of nitrogens with one attached hydrogen (secondary N) is 1. The van der Waals surface area contributed by atoms with Crippen LogP contribution in [-0.4, -0.2) is 22.5 Å². The summed E-state index contributed by atoms with van der Waals surface area (Å²) in [6.07, 6.45) is 1.50. The average molecular weight is 291 g/mol. The van der Waals surface area contributed by atoms with Gasteiger partial charge in [0.1, 0.15) is 0 Å². The Hall–Kier alpha value is -1.95. The van der Waals surface area contributed by atoms with Gasteiger partial charge in [0.2, 0.25) is 5.95 Å². The molecule has 0 atom stereocenters. The molecule has 0 aliphatic carbocycles. The van der Waals surface area contributed by atoms with E-state index in [0.717, 1.165) is 0 Å². The van der Waals surface area contributed by atoms with Crippen molar-refractivity contribution in [2.24, 2.45) is 0 Å². The zero-order valence-electron chi connectivity index (χ0n) is 11.8. The summed E-state index contributed by atoms with van der Waals surface area (Å²) < 4.78 is 4.95. The Morgan fingerprint density at radius 2 is 2.25 bits per heavy atom. The molecule has 2 aromatic rings. The molecular weight excluding hydrogens is 274 g/mol. The van der Waals surface area contributed by atoms with E-state index in [9.17, 15) is 4.79 Å². The zero-order valence-corrected chi connectivity index (χ0v) is 12.6. The van der Waals surface area contributed by atoms with Crippen LogP contribution in [0.4, 0.5) is 5.95 Å². The predicted molar refractivity (Wildman–Crippen MR) is 79.1 cm³/mol. The largest absolute Gasteiger partial charge is 0.462 e. The van der Waals surface area contributed by atoms with Gasteiger partial charge < -0.3 is 10.1 Å². The summed E-state index contributed by atoms with van der Waals surface area (Å²) in [5.74, 6) is 0.133. The molecule has 0 aromatic carbocycles. The first-order valence-corrected chi connectivity index (χ1v) is 7.27. The van der Waals surface area contributed by atoms with Gasteiger partial charge in [0.15, 0.2) is 0 Å². The average Bonchev–Trinajstić information content (AvgIpc) is 2.82. The smallest absolute Gasteiger partial charge is 0.341 e. The van der Waals surface area contributed by atoms with Crippen LogP contribution in [0.1, 0.15) is 33.4 Å². The Morgan fingerprint density at radius 1 is 1.45 bits per heavy atom. The molecule has 0 spiro atoms. The van der Waals surface area contributed by atoms with Gasteiger partial charge in [0.05, 0.1) is 24.4 Å². The van der Waals surface area contributed by atoms with Crippen LogP contribution in [0.25, 0.3) is 0 Å². The number of carbonyl (C=O) groups is 1. The quantitative estimate of drug-likeness (QED) is 0.858. The van der Waals surface area contributed by atoms with Gasteiger partial charge >= 0.3 is 5.97 Å². The number of aryl methyl sites for hydroxylation is 2. The molecule has 0 aliphatic heterocycles. The lowest BCUT2D eigenvalue weighted by Gasteiger charge is -2.08. The van der Waals surface area contributed by atoms with Crippen LogP contribution in [-0.2, 0) is 11.3 Å². The van der Waals surface area contributed by atoms with Gasteiger partial charge in [-0.15, -0.1) is 11.3 Å². The summed E-state index contributed by atoms with van der Waals surface area (Å²) in [4.78, 5) is 21.3. The Morgan fingerprint density at radius 3 is 2.85 bits per heavy atom. The fourth-order valence-electron chi connectivity index (χ4n) is 1.71. The van der Waals surface area contributed by atoms with Crippen LogP contribution in [0.2, 0.25) is 0 Å². The minimum Gasteiger partial charge on any atom is -0.462 e. The summed E-state index contributed by atoms with van der Waals surface area (Å²) in [6, 6.07) is 2.08. The molecular formula is C14H17N3O2S. The second kappa shape index (κ2) is 6.47. The number of nitrogens with zero attached hydrogens (tertiary/aromatic N) is 2. The van der Waals surface area contributed by atoms with E-state index in [0.29, 0.717) is 30.4 Å². The van der Waals surface area contributed by atoms with Crippen LogP contribution in [0.15, 0.2) is 17.6 Å². The molecule has 2 rings (SSSR count). The topological polar surface area (TPSA) is 64.1 Å². The monoisotopic (exact) mass is 291 g/mol. The maximum absolute atomic E-state index is 11.6. The highest BCUT2D eigenvalue weighted by atomic mass is 32.1. The molecule has 1 N–H and O–H groups in total. The Labute approximate surface area is 122 Å². The van der Waals surface area contributed by atoms with Crippen molar-refractivity contribution in [3.05, 3.63) is 39.3 Å². The third kappa shape index (κ3) is 3.33. The standard InChI is InChI=1S/C14H17N3O2S/c1-4-19-13(18)11-7-15-14(17-10(11)3)16-8-12-9(2)5-6-20-12/h5-7H,4,8H2,1-3H3,(H,15,16,17). The van der Waals surface area contributed by atoms with E-state index in [1.807, 2.05) is 0 Å². The molecule has 106 valence electrons. The molecule has 5 nitrogen and oxygen atoms in total. The maximum atomic E-state index is 11.6. The summed E-state index contributed by atoms with van der Waals surface area (Å²) in [5.41, 5.74) is 2.27. The predicted octanol–water partition coefficient (Wildman–Crippen LogP) is 2.94. The molecule has 0 amide bonds. The number of carbonyl (C=O) groups excluding carboxylic acids is 1. The molecule has 20 heavy (non-hydrogen) atoms. The first kappa shape index (κ1) is 14.5. The van der Waals surface area contributed by atoms with E-state index in [4.69, 9.17) is 4.74 Å². The van der Waals surface area contributed by atoms with Crippen LogP contribution in [0, 0.1) is 13.8 Å². The van der Waals surface area contributed by atoms with Crippen LogP contribution in [0.5, 0.6) is 0 Å². The summed E-state index contributed by atoms with van der Waals surface area (Å²) in [7, 11) is 0. The molecule has 0 bridgehead atoms. The highest BCUT2D eigenvalue weighted by Crippen LogP contribution is 2.17. The molecule has 2 aromatic heterocycles. The van der Waals surface area contributed by atoms with E-state index in [1.54, 1.807) is 25.2 Å². The normalized spacial score (nSPS) is 10.3. The van der Waals surface area contributed by atoms with E-state index in [-0.39, 0.29) is 5.97 Å². The molecule has 0 aliphatic rings. The van der Waals surface area contributed by atoms with Crippen molar-refractivity contribution in [2.45, 2.75) is 27.3 Å². The van der Waals surface area contributed by atoms with E-state index in [2.05, 4.69) is 33.7 Å². The summed E-state index contributed by atoms with van der Waals surface area (Å²) in [5, 5.41) is 5.22. The molecule has 0 fully saturated rings. The summed E-state index contributed by atoms with van der Waals surface area (Å²) in [6.45, 7) is 6.64. The lowest BCUT2D eigenvalue weighted by molar-refractivity contribution is 0.0524. The highest BCUT2D eigenvalue weighted by molar-refractivity contribution is 7.10. The van der Waals surface area contributed by atoms with Gasteiger partial charge in [-0.1, -0.05) is 0 Å². The van der Waals surface area contributed by atoms with Crippen molar-refractivity contribution in [3.8, 4) is 0 Å². The second-order valence-electron chi connectivity index (χ2n) is 4.29. The Kier molecular flexibility index (Phi) is 4.68. The molecule has 6 heteroatoms. The fraction of sp³-hybridized carbons (Fsp3) is 0.357. The molecule has 0 saturated heterocycles. The Bertz CT molecular complexity index is 610. The van der Waals surface area contributed by atoms with Gasteiger partial charge in [-0.25, -0.2) is 14.8 Å². The lowest BCUT2D eigenvalue weighted by atomic mass is 10.2. The molecule has 0 unspecified atom stereocenters. The minimum absolute atomic E-state index is 0.343. The number of esters is 1. The number of aromatic nitrogens is 2. The number of hydrogen-bond donors (Lipinski definition) is 1. The van der Waals surface area contributed by atoms with E-state index >= 15 is 0 Å². The molecule has 2 heterocycles. The van der Waals surface area contributed by atoms with Crippen molar-refractivity contribution >= 4 is 23.3 Å². The van der Waals surface area contributed by atoms with E-state index < -0.39 is 0 Å². The number of ether oxygens (including phenoxy) is 1. The van der Waals surface area contributed by atoms with Crippen molar-refractivity contribution < 1.29 is 9.53 Å². The van der Waals surface area contributed by atoms with Crippen molar-refractivity contribution in [1.82, 2.24) is 9.97 Å². The van der Waals surface area contributed by atoms with Crippen LogP contribution < -0.4 is 5.32 Å². The van der Waals surface area contributed by atoms with Crippen molar-refractivity contribution in [2.75, 3.05) is 11.9 Å². The van der Waals surface area contributed by atoms with Crippen molar-refractivity contribution in [1.29, 1.82) is 0 Å². The first-order chi connectivity index (χ1) is 9.61. The maximum Gasteiger partial charge on any atom is 0.341 e. The zero-order chi connectivity index (χ0) is 14.5.